The van der Waals surface area contributed by atoms with Crippen LogP contribution in [0.5, 0.6) is 11.6 Å². The summed E-state index contributed by atoms with van der Waals surface area (Å²) < 4.78 is 33.8. The molecular weight excluding hydrogens is 991 g/mol. The zero-order valence-electron chi connectivity index (χ0n) is 42.5. The summed E-state index contributed by atoms with van der Waals surface area (Å²) in [5, 5.41) is 20.6. The fourth-order valence-electron chi connectivity index (χ4n) is 9.10. The number of urea groups is 1. The lowest BCUT2D eigenvalue weighted by Crippen LogP contribution is -2.54. The SMILES string of the molecule is N#Cc1ccc(N[C@H]2CC[C@H](N(C(=O)NCc3ccccc3)c3ccc(-c4ccnc(OCCOCCOCCOCCOCCNC(=O)COc5cccc6c5C(=O)N(C5CCC(=O)NC5=O)C6=O)c4)cc3)CC2)nc1. The second-order valence-electron chi connectivity index (χ2n) is 18.2. The zero-order valence-corrected chi connectivity index (χ0v) is 42.5. The van der Waals surface area contributed by atoms with Gasteiger partial charge in [0.2, 0.25) is 17.7 Å². The number of nitrogens with zero attached hydrogens (tertiary/aromatic N) is 5. The van der Waals surface area contributed by atoms with Crippen molar-refractivity contribution in [3.63, 3.8) is 0 Å². The number of hydrogen-bond acceptors (Lipinski definition) is 16. The lowest BCUT2D eigenvalue weighted by atomic mass is 9.89. The topological polar surface area (TPSA) is 262 Å². The van der Waals surface area contributed by atoms with E-state index in [-0.39, 0.29) is 61.0 Å². The summed E-state index contributed by atoms with van der Waals surface area (Å²) in [6.07, 6.45) is 6.60. The van der Waals surface area contributed by atoms with Crippen LogP contribution in [0.3, 0.4) is 0 Å². The van der Waals surface area contributed by atoms with E-state index in [4.69, 9.17) is 33.7 Å². The predicted molar refractivity (Wildman–Crippen MR) is 280 cm³/mol. The molecule has 2 fully saturated rings. The summed E-state index contributed by atoms with van der Waals surface area (Å²) in [5.74, 6) is -1.82. The molecule has 2 aliphatic heterocycles. The number of carbonyl (C=O) groups is 6. The minimum absolute atomic E-state index is 0.00123. The first-order valence-electron chi connectivity index (χ1n) is 25.6. The highest BCUT2D eigenvalue weighted by Gasteiger charge is 2.46. The van der Waals surface area contributed by atoms with E-state index >= 15 is 0 Å². The van der Waals surface area contributed by atoms with E-state index < -0.39 is 42.2 Å². The van der Waals surface area contributed by atoms with Gasteiger partial charge in [0.15, 0.2) is 6.61 Å². The van der Waals surface area contributed by atoms with Gasteiger partial charge in [0.05, 0.1) is 69.5 Å². The van der Waals surface area contributed by atoms with Gasteiger partial charge in [-0.25, -0.2) is 14.8 Å². The minimum Gasteiger partial charge on any atom is -0.483 e. The standard InChI is InChI=1S/C56H61N9O12/c57-34-39-9-19-48(60-36-39)62-42-12-16-44(17-13-42)64(56(71)61-35-38-5-2-1-3-6-38)43-14-10-40(11-15-43)41-21-22-59-51(33-41)76-32-31-75-30-29-74-28-27-73-26-25-72-24-23-58-50(67)37-77-47-8-4-7-45-52(47)55(70)65(54(45)69)46-18-20-49(66)63-53(46)68/h1-11,14-15,19,21-22,33,36,42,44,46H,12-13,16-18,20,23-32,35,37H2,(H,58,67)(H,60,62)(H,61,71)(H,63,66,68)/t42-,44-,46?. The first-order valence-corrected chi connectivity index (χ1v) is 25.6. The van der Waals surface area contributed by atoms with Crippen LogP contribution in [0.15, 0.2) is 109 Å². The molecule has 0 spiro atoms. The van der Waals surface area contributed by atoms with Gasteiger partial charge in [-0.1, -0.05) is 48.5 Å². The van der Waals surface area contributed by atoms with Crippen LogP contribution in [-0.2, 0) is 39.9 Å². The molecule has 0 bridgehead atoms. The number of nitrogens with one attached hydrogen (secondary N) is 4. The van der Waals surface area contributed by atoms with Crippen LogP contribution in [-0.4, -0.2) is 141 Å². The van der Waals surface area contributed by atoms with Crippen molar-refractivity contribution >= 4 is 47.1 Å². The molecule has 1 unspecified atom stereocenters. The van der Waals surface area contributed by atoms with Crippen molar-refractivity contribution in [1.82, 2.24) is 30.8 Å². The second-order valence-corrected chi connectivity index (χ2v) is 18.2. The summed E-state index contributed by atoms with van der Waals surface area (Å²) in [5.41, 5.74) is 4.22. The average Bonchev–Trinajstić information content (AvgIpc) is 3.71. The maximum absolute atomic E-state index is 13.9. The van der Waals surface area contributed by atoms with Gasteiger partial charge in [-0.05, 0) is 91.3 Å². The van der Waals surface area contributed by atoms with Crippen LogP contribution in [0, 0.1) is 11.3 Å². The van der Waals surface area contributed by atoms with Gasteiger partial charge in [0, 0.05) is 55.7 Å². The van der Waals surface area contributed by atoms with Crippen molar-refractivity contribution in [2.75, 3.05) is 82.8 Å². The first kappa shape index (κ1) is 55.0. The van der Waals surface area contributed by atoms with E-state index in [0.29, 0.717) is 70.8 Å². The molecule has 402 valence electrons. The van der Waals surface area contributed by atoms with Gasteiger partial charge in [0.25, 0.3) is 17.7 Å². The van der Waals surface area contributed by atoms with Gasteiger partial charge in [0.1, 0.15) is 30.3 Å². The number of aromatic nitrogens is 2. The molecule has 2 aromatic heterocycles. The molecule has 3 aromatic carbocycles. The Morgan fingerprint density at radius 1 is 0.714 bits per heavy atom. The summed E-state index contributed by atoms with van der Waals surface area (Å²) in [4.78, 5) is 88.0. The largest absolute Gasteiger partial charge is 0.483 e. The maximum atomic E-state index is 13.9. The molecule has 21 heteroatoms. The number of ether oxygens (including phenoxy) is 6. The van der Waals surface area contributed by atoms with E-state index in [1.807, 2.05) is 77.7 Å². The lowest BCUT2D eigenvalue weighted by molar-refractivity contribution is -0.136. The van der Waals surface area contributed by atoms with Crippen LogP contribution in [0.4, 0.5) is 16.3 Å². The van der Waals surface area contributed by atoms with E-state index in [1.54, 1.807) is 18.5 Å². The minimum atomic E-state index is -1.11. The van der Waals surface area contributed by atoms with E-state index in [9.17, 15) is 28.8 Å². The fraction of sp³-hybridized carbons (Fsp3) is 0.375. The molecule has 3 aliphatic rings. The van der Waals surface area contributed by atoms with Crippen LogP contribution < -0.4 is 35.6 Å². The predicted octanol–water partition coefficient (Wildman–Crippen LogP) is 5.20. The average molecular weight is 1050 g/mol. The fourth-order valence-corrected chi connectivity index (χ4v) is 9.10. The number of amides is 7. The number of benzene rings is 3. The molecule has 4 N–H and O–H groups in total. The maximum Gasteiger partial charge on any atom is 0.322 e. The van der Waals surface area contributed by atoms with Crippen molar-refractivity contribution in [2.45, 2.75) is 63.2 Å². The Bertz CT molecular complexity index is 2860. The summed E-state index contributed by atoms with van der Waals surface area (Å²) in [6.45, 7) is 3.13. The number of rotatable bonds is 27. The third kappa shape index (κ3) is 15.4. The molecule has 21 nitrogen and oxygen atoms in total. The quantitative estimate of drug-likeness (QED) is 0.0389. The number of piperidine rings is 1. The van der Waals surface area contributed by atoms with Crippen LogP contribution in [0.1, 0.15) is 70.4 Å². The van der Waals surface area contributed by atoms with Crippen molar-refractivity contribution in [3.8, 4) is 28.8 Å². The van der Waals surface area contributed by atoms with Crippen molar-refractivity contribution in [1.29, 1.82) is 5.26 Å². The number of carbonyl (C=O) groups excluding carboxylic acids is 6. The first-order chi connectivity index (χ1) is 37.6. The van der Waals surface area contributed by atoms with E-state index in [1.165, 1.54) is 18.2 Å². The number of hydrogen-bond donors (Lipinski definition) is 4. The Morgan fingerprint density at radius 2 is 1.43 bits per heavy atom. The number of imide groups is 2. The van der Waals surface area contributed by atoms with Gasteiger partial charge in [-0.15, -0.1) is 0 Å². The Hall–Kier alpha value is -8.29. The summed E-state index contributed by atoms with van der Waals surface area (Å²) >= 11 is 0. The molecule has 1 aliphatic carbocycles. The zero-order chi connectivity index (χ0) is 53.8. The van der Waals surface area contributed by atoms with Crippen molar-refractivity contribution in [3.05, 3.63) is 132 Å². The molecule has 77 heavy (non-hydrogen) atoms. The third-order valence-corrected chi connectivity index (χ3v) is 13.0. The summed E-state index contributed by atoms with van der Waals surface area (Å²) in [6, 6.07) is 30.6. The second kappa shape index (κ2) is 28.0. The molecule has 1 atom stereocenters. The van der Waals surface area contributed by atoms with Crippen molar-refractivity contribution < 1.29 is 57.2 Å². The van der Waals surface area contributed by atoms with Crippen LogP contribution >= 0.6 is 0 Å². The molecule has 5 aromatic rings. The summed E-state index contributed by atoms with van der Waals surface area (Å²) in [7, 11) is 0. The number of anilines is 2. The normalized spacial score (nSPS) is 17.0. The molecule has 8 rings (SSSR count). The van der Waals surface area contributed by atoms with E-state index in [2.05, 4.69) is 37.3 Å². The highest BCUT2D eigenvalue weighted by atomic mass is 16.6. The van der Waals surface area contributed by atoms with Gasteiger partial charge >= 0.3 is 6.03 Å². The Morgan fingerprint density at radius 3 is 2.12 bits per heavy atom. The Kier molecular flexibility index (Phi) is 20.0. The van der Waals surface area contributed by atoms with Crippen LogP contribution in [0.25, 0.3) is 11.1 Å². The molecule has 4 heterocycles. The Labute approximate surface area is 445 Å². The van der Waals surface area contributed by atoms with E-state index in [0.717, 1.165) is 58.8 Å². The smallest absolute Gasteiger partial charge is 0.322 e. The molecule has 0 radical (unpaired) electrons. The van der Waals surface area contributed by atoms with Gasteiger partial charge in [-0.3, -0.25) is 39.1 Å². The number of pyridine rings is 2. The number of nitriles is 1. The highest BCUT2D eigenvalue weighted by molar-refractivity contribution is 6.24. The third-order valence-electron chi connectivity index (χ3n) is 13.0. The molecule has 1 saturated carbocycles. The lowest BCUT2D eigenvalue weighted by Gasteiger charge is -2.37. The molecular formula is C56H61N9O12. The van der Waals surface area contributed by atoms with Crippen LogP contribution in [0.2, 0.25) is 0 Å². The Balaban J connectivity index is 0.666. The van der Waals surface area contributed by atoms with Gasteiger partial charge < -0.3 is 44.4 Å². The number of fused-ring (bicyclic) bond motifs is 1. The highest BCUT2D eigenvalue weighted by Crippen LogP contribution is 2.34. The monoisotopic (exact) mass is 1050 g/mol. The molecule has 1 saturated heterocycles. The molecule has 7 amide bonds. The van der Waals surface area contributed by atoms with Crippen molar-refractivity contribution in [2.24, 2.45) is 0 Å². The van der Waals surface area contributed by atoms with Gasteiger partial charge in [-0.2, -0.15) is 5.26 Å².